The van der Waals surface area contributed by atoms with E-state index >= 15 is 0 Å². The Morgan fingerprint density at radius 2 is 1.54 bits per heavy atom. The van der Waals surface area contributed by atoms with Gasteiger partial charge in [-0.15, -0.1) is 5.10 Å². The monoisotopic (exact) mass is 562 g/mol. The summed E-state index contributed by atoms with van der Waals surface area (Å²) in [6.45, 7) is 5.97. The van der Waals surface area contributed by atoms with Crippen molar-refractivity contribution in [1.82, 2.24) is 30.8 Å². The van der Waals surface area contributed by atoms with E-state index < -0.39 is 24.1 Å². The van der Waals surface area contributed by atoms with E-state index in [1.807, 2.05) is 69.3 Å². The topological polar surface area (TPSA) is 128 Å². The molecule has 2 aromatic carbocycles. The number of amides is 2. The van der Waals surface area contributed by atoms with Gasteiger partial charge in [-0.3, -0.25) is 9.59 Å². The number of rotatable bonds is 17. The van der Waals surface area contributed by atoms with Crippen LogP contribution < -0.4 is 10.6 Å². The minimum absolute atomic E-state index is 0.0380. The number of aryl methyl sites for hydroxylation is 2. The van der Waals surface area contributed by atoms with Crippen LogP contribution in [0.1, 0.15) is 69.8 Å². The minimum atomic E-state index is -0.820. The van der Waals surface area contributed by atoms with Crippen LogP contribution in [-0.4, -0.2) is 50.1 Å². The van der Waals surface area contributed by atoms with Crippen molar-refractivity contribution in [3.05, 3.63) is 77.6 Å². The zero-order valence-corrected chi connectivity index (χ0v) is 24.3. The van der Waals surface area contributed by atoms with Crippen LogP contribution >= 0.6 is 0 Å². The van der Waals surface area contributed by atoms with Crippen molar-refractivity contribution in [1.29, 1.82) is 0 Å². The van der Waals surface area contributed by atoms with Crippen molar-refractivity contribution < 1.29 is 19.1 Å². The molecule has 10 heteroatoms. The van der Waals surface area contributed by atoms with Crippen molar-refractivity contribution >= 4 is 17.8 Å². The Bertz CT molecular complexity index is 1220. The molecule has 0 spiro atoms. The van der Waals surface area contributed by atoms with Crippen molar-refractivity contribution in [2.24, 2.45) is 5.92 Å². The number of nitrogens with one attached hydrogen (secondary N) is 2. The fraction of sp³-hybridized carbons (Fsp3) is 0.484. The van der Waals surface area contributed by atoms with Gasteiger partial charge in [-0.05, 0) is 59.6 Å². The molecule has 0 aliphatic carbocycles. The van der Waals surface area contributed by atoms with Crippen molar-refractivity contribution in [2.45, 2.75) is 91.0 Å². The number of ketones is 1. The lowest BCUT2D eigenvalue weighted by Crippen LogP contribution is -2.52. The summed E-state index contributed by atoms with van der Waals surface area (Å²) >= 11 is 0. The summed E-state index contributed by atoms with van der Waals surface area (Å²) in [7, 11) is 0. The van der Waals surface area contributed by atoms with E-state index in [0.717, 1.165) is 24.8 Å². The van der Waals surface area contributed by atoms with E-state index in [4.69, 9.17) is 4.74 Å². The molecule has 2 atom stereocenters. The fourth-order valence-corrected chi connectivity index (χ4v) is 4.52. The molecule has 0 fully saturated rings. The number of carbonyl (C=O) groups excluding carboxylic acids is 3. The SMILES string of the molecule is CCC[C@H](NC(=O)OCc1ccccc1)C(=O)N[C@@H](CC(C)C)C(=O)Cn1nnnc1CCCCc1ccccc1. The van der Waals surface area contributed by atoms with Gasteiger partial charge in [0.2, 0.25) is 5.91 Å². The Morgan fingerprint density at radius 1 is 0.878 bits per heavy atom. The van der Waals surface area contributed by atoms with Crippen LogP contribution in [0, 0.1) is 5.92 Å². The van der Waals surface area contributed by atoms with Crippen LogP contribution in [0.25, 0.3) is 0 Å². The van der Waals surface area contributed by atoms with Crippen molar-refractivity contribution in [2.75, 3.05) is 0 Å². The molecule has 0 unspecified atom stereocenters. The Morgan fingerprint density at radius 3 is 2.20 bits per heavy atom. The number of benzene rings is 2. The molecular formula is C31H42N6O4. The number of aromatic nitrogens is 4. The molecule has 0 saturated carbocycles. The lowest BCUT2D eigenvalue weighted by Gasteiger charge is -2.23. The van der Waals surface area contributed by atoms with Gasteiger partial charge < -0.3 is 15.4 Å². The summed E-state index contributed by atoms with van der Waals surface area (Å²) in [5, 5.41) is 17.5. The number of alkyl carbamates (subject to hydrolysis) is 1. The highest BCUT2D eigenvalue weighted by Crippen LogP contribution is 2.11. The van der Waals surface area contributed by atoms with E-state index in [-0.39, 0.29) is 24.9 Å². The van der Waals surface area contributed by atoms with Crippen LogP contribution in [-0.2, 0) is 40.3 Å². The quantitative estimate of drug-likeness (QED) is 0.233. The third-order valence-corrected chi connectivity index (χ3v) is 6.68. The van der Waals surface area contributed by atoms with Gasteiger partial charge in [0, 0.05) is 6.42 Å². The second-order valence-corrected chi connectivity index (χ2v) is 10.6. The Hall–Kier alpha value is -4.08. The number of hydrogen-bond donors (Lipinski definition) is 2. The average molecular weight is 563 g/mol. The first kappa shape index (κ1) is 31.4. The second-order valence-electron chi connectivity index (χ2n) is 10.6. The zero-order valence-electron chi connectivity index (χ0n) is 24.3. The highest BCUT2D eigenvalue weighted by Gasteiger charge is 2.28. The first-order valence-corrected chi connectivity index (χ1v) is 14.4. The highest BCUT2D eigenvalue weighted by molar-refractivity contribution is 5.92. The van der Waals surface area contributed by atoms with Gasteiger partial charge in [0.1, 0.15) is 19.2 Å². The number of ether oxygens (including phenoxy) is 1. The third-order valence-electron chi connectivity index (χ3n) is 6.68. The molecule has 3 aromatic rings. The van der Waals surface area contributed by atoms with Gasteiger partial charge in [0.15, 0.2) is 11.6 Å². The van der Waals surface area contributed by atoms with E-state index in [1.54, 1.807) is 0 Å². The fourth-order valence-electron chi connectivity index (χ4n) is 4.52. The second kappa shape index (κ2) is 16.9. The van der Waals surface area contributed by atoms with Gasteiger partial charge in [-0.1, -0.05) is 87.9 Å². The standard InChI is InChI=1S/C31H42N6O4/c1-4-13-26(33-31(40)41-22-25-17-9-6-10-18-25)30(39)32-27(20-23(2)3)28(38)21-37-29(34-35-36-37)19-12-11-16-24-14-7-5-8-15-24/h5-10,14-15,17-18,23,26-27H,4,11-13,16,19-22H2,1-3H3,(H,32,39)(H,33,40)/t26-,27-/m0/s1. The number of nitrogens with zero attached hydrogens (tertiary/aromatic N) is 4. The summed E-state index contributed by atoms with van der Waals surface area (Å²) in [6, 6.07) is 18.1. The predicted octanol–water partition coefficient (Wildman–Crippen LogP) is 4.43. The van der Waals surface area contributed by atoms with E-state index in [1.165, 1.54) is 10.2 Å². The summed E-state index contributed by atoms with van der Waals surface area (Å²) in [5.74, 6) is 0.198. The summed E-state index contributed by atoms with van der Waals surface area (Å²) in [4.78, 5) is 39.0. The van der Waals surface area contributed by atoms with Gasteiger partial charge in [-0.2, -0.15) is 0 Å². The molecule has 3 rings (SSSR count). The van der Waals surface area contributed by atoms with Crippen LogP contribution in [0.5, 0.6) is 0 Å². The normalized spacial score (nSPS) is 12.5. The molecule has 0 aliphatic rings. The largest absolute Gasteiger partial charge is 0.445 e. The Labute approximate surface area is 242 Å². The van der Waals surface area contributed by atoms with Gasteiger partial charge in [0.25, 0.3) is 0 Å². The number of tetrazole rings is 1. The molecule has 2 amide bonds. The summed E-state index contributed by atoms with van der Waals surface area (Å²) in [6.07, 6.45) is 4.35. The lowest BCUT2D eigenvalue weighted by molar-refractivity contribution is -0.129. The molecule has 0 saturated heterocycles. The number of unbranched alkanes of at least 4 members (excludes halogenated alkanes) is 1. The summed E-state index contributed by atoms with van der Waals surface area (Å²) in [5.41, 5.74) is 2.13. The zero-order chi connectivity index (χ0) is 29.5. The summed E-state index contributed by atoms with van der Waals surface area (Å²) < 4.78 is 6.82. The average Bonchev–Trinajstić information content (AvgIpc) is 3.41. The van der Waals surface area contributed by atoms with Crippen LogP contribution in [0.2, 0.25) is 0 Å². The number of Topliss-reactive ketones (excluding diaryl/α,β-unsaturated/α-hetero) is 1. The van der Waals surface area contributed by atoms with Gasteiger partial charge >= 0.3 is 6.09 Å². The van der Waals surface area contributed by atoms with Gasteiger partial charge in [-0.25, -0.2) is 9.48 Å². The van der Waals surface area contributed by atoms with Crippen molar-refractivity contribution in [3.63, 3.8) is 0 Å². The third kappa shape index (κ3) is 11.1. The van der Waals surface area contributed by atoms with Gasteiger partial charge in [0.05, 0.1) is 6.04 Å². The van der Waals surface area contributed by atoms with E-state index in [2.05, 4.69) is 38.3 Å². The predicted molar refractivity (Wildman–Crippen MR) is 156 cm³/mol. The van der Waals surface area contributed by atoms with Crippen LogP contribution in [0.3, 0.4) is 0 Å². The Balaban J connectivity index is 1.55. The first-order valence-electron chi connectivity index (χ1n) is 14.4. The molecule has 0 bridgehead atoms. The molecule has 1 aromatic heterocycles. The lowest BCUT2D eigenvalue weighted by atomic mass is 9.99. The molecule has 2 N–H and O–H groups in total. The first-order chi connectivity index (χ1) is 19.9. The maximum atomic E-state index is 13.4. The number of hydrogen-bond acceptors (Lipinski definition) is 7. The Kier molecular flexibility index (Phi) is 13.0. The van der Waals surface area contributed by atoms with E-state index in [9.17, 15) is 14.4 Å². The highest BCUT2D eigenvalue weighted by atomic mass is 16.5. The molecule has 1 heterocycles. The van der Waals surface area contributed by atoms with Crippen molar-refractivity contribution in [3.8, 4) is 0 Å². The minimum Gasteiger partial charge on any atom is -0.445 e. The molecule has 10 nitrogen and oxygen atoms in total. The van der Waals surface area contributed by atoms with Crippen LogP contribution in [0.15, 0.2) is 60.7 Å². The maximum absolute atomic E-state index is 13.4. The number of carbonyl (C=O) groups is 3. The molecular weight excluding hydrogens is 520 g/mol. The maximum Gasteiger partial charge on any atom is 0.408 e. The molecule has 220 valence electrons. The molecule has 41 heavy (non-hydrogen) atoms. The van der Waals surface area contributed by atoms with Crippen LogP contribution in [0.4, 0.5) is 4.79 Å². The van der Waals surface area contributed by atoms with E-state index in [0.29, 0.717) is 31.5 Å². The molecule has 0 aliphatic heterocycles. The molecule has 0 radical (unpaired) electrons. The smallest absolute Gasteiger partial charge is 0.408 e.